The zero-order valence-electron chi connectivity index (χ0n) is 13.5. The van der Waals surface area contributed by atoms with Crippen molar-refractivity contribution >= 4 is 5.91 Å². The number of carbonyl (C=O) groups excluding carboxylic acids is 1. The Morgan fingerprint density at radius 1 is 1.33 bits per heavy atom. The molecule has 1 amide bonds. The van der Waals surface area contributed by atoms with E-state index < -0.39 is 0 Å². The molecule has 21 heavy (non-hydrogen) atoms. The van der Waals surface area contributed by atoms with Crippen LogP contribution < -0.4 is 15.4 Å². The van der Waals surface area contributed by atoms with E-state index in [2.05, 4.69) is 42.7 Å². The van der Waals surface area contributed by atoms with Crippen molar-refractivity contribution in [2.24, 2.45) is 5.92 Å². The van der Waals surface area contributed by atoms with Crippen LogP contribution in [0.3, 0.4) is 0 Å². The van der Waals surface area contributed by atoms with Gasteiger partial charge in [-0.3, -0.25) is 4.79 Å². The molecule has 2 rings (SSSR count). The molecule has 0 spiro atoms. The summed E-state index contributed by atoms with van der Waals surface area (Å²) in [6, 6.07) is 6.37. The predicted octanol–water partition coefficient (Wildman–Crippen LogP) is 2.26. The average Bonchev–Trinajstić information content (AvgIpc) is 2.71. The van der Waals surface area contributed by atoms with Crippen LogP contribution in [0, 0.1) is 5.92 Å². The minimum atomic E-state index is -0.0878. The highest BCUT2D eigenvalue weighted by Crippen LogP contribution is 2.35. The fourth-order valence-electron chi connectivity index (χ4n) is 2.48. The zero-order chi connectivity index (χ0) is 15.5. The molecule has 0 radical (unpaired) electrons. The maximum absolute atomic E-state index is 11.4. The molecule has 0 aliphatic carbocycles. The van der Waals surface area contributed by atoms with Crippen molar-refractivity contribution in [3.05, 3.63) is 29.3 Å². The van der Waals surface area contributed by atoms with Crippen molar-refractivity contribution in [1.82, 2.24) is 10.6 Å². The van der Waals surface area contributed by atoms with Crippen LogP contribution in [0.4, 0.5) is 0 Å². The van der Waals surface area contributed by atoms with E-state index >= 15 is 0 Å². The lowest BCUT2D eigenvalue weighted by molar-refractivity contribution is -0.123. The molecular formula is C17H26N2O2. The number of benzene rings is 1. The lowest BCUT2D eigenvalue weighted by atomic mass is 10.0. The summed E-state index contributed by atoms with van der Waals surface area (Å²) in [5.41, 5.74) is 2.45. The summed E-state index contributed by atoms with van der Waals surface area (Å²) in [5, 5.41) is 6.25. The number of amides is 1. The van der Waals surface area contributed by atoms with Crippen molar-refractivity contribution < 1.29 is 9.53 Å². The summed E-state index contributed by atoms with van der Waals surface area (Å²) in [6.45, 7) is 10.3. The Labute approximate surface area is 127 Å². The van der Waals surface area contributed by atoms with Gasteiger partial charge in [0, 0.05) is 32.0 Å². The Bertz CT molecular complexity index is 510. The number of fused-ring (bicyclic) bond motifs is 1. The summed E-state index contributed by atoms with van der Waals surface area (Å²) in [6.07, 6.45) is 0.959. The third kappa shape index (κ3) is 4.46. The van der Waals surface area contributed by atoms with E-state index in [-0.39, 0.29) is 17.4 Å². The van der Waals surface area contributed by atoms with Gasteiger partial charge >= 0.3 is 0 Å². The number of carbonyl (C=O) groups is 1. The number of rotatable bonds is 6. The third-order valence-corrected chi connectivity index (χ3v) is 3.58. The van der Waals surface area contributed by atoms with E-state index in [0.29, 0.717) is 6.54 Å². The van der Waals surface area contributed by atoms with Crippen molar-refractivity contribution in [3.63, 3.8) is 0 Å². The summed E-state index contributed by atoms with van der Waals surface area (Å²) < 4.78 is 5.87. The van der Waals surface area contributed by atoms with Gasteiger partial charge in [-0.2, -0.15) is 0 Å². The Balaban J connectivity index is 1.74. The normalized spacial score (nSPS) is 15.7. The first kappa shape index (κ1) is 15.8. The molecule has 1 heterocycles. The van der Waals surface area contributed by atoms with Crippen LogP contribution in [0.15, 0.2) is 18.2 Å². The second-order valence-electron chi connectivity index (χ2n) is 6.60. The number of hydrogen-bond acceptors (Lipinski definition) is 3. The van der Waals surface area contributed by atoms with Crippen LogP contribution in [-0.4, -0.2) is 24.6 Å². The first-order valence-electron chi connectivity index (χ1n) is 7.67. The molecule has 0 aromatic heterocycles. The first-order valence-corrected chi connectivity index (χ1v) is 7.67. The predicted molar refractivity (Wildman–Crippen MR) is 84.4 cm³/mol. The van der Waals surface area contributed by atoms with E-state index in [4.69, 9.17) is 4.74 Å². The van der Waals surface area contributed by atoms with Crippen LogP contribution in [0.2, 0.25) is 0 Å². The lowest BCUT2D eigenvalue weighted by Gasteiger charge is -2.16. The molecule has 1 aromatic carbocycles. The maximum Gasteiger partial charge on any atom is 0.222 e. The van der Waals surface area contributed by atoms with Crippen LogP contribution in [0.25, 0.3) is 0 Å². The first-order chi connectivity index (χ1) is 9.87. The van der Waals surface area contributed by atoms with Crippen molar-refractivity contribution in [1.29, 1.82) is 0 Å². The Morgan fingerprint density at radius 3 is 2.81 bits per heavy atom. The van der Waals surface area contributed by atoms with E-state index in [1.807, 2.05) is 13.8 Å². The lowest BCUT2D eigenvalue weighted by Crippen LogP contribution is -2.34. The molecule has 0 fully saturated rings. The minimum absolute atomic E-state index is 0.0464. The number of ether oxygens (including phenoxy) is 1. The molecular weight excluding hydrogens is 264 g/mol. The third-order valence-electron chi connectivity index (χ3n) is 3.58. The maximum atomic E-state index is 11.4. The highest BCUT2D eigenvalue weighted by atomic mass is 16.5. The van der Waals surface area contributed by atoms with Gasteiger partial charge in [0.1, 0.15) is 11.4 Å². The Hall–Kier alpha value is -1.55. The van der Waals surface area contributed by atoms with E-state index in [9.17, 15) is 4.79 Å². The van der Waals surface area contributed by atoms with Gasteiger partial charge in [0.2, 0.25) is 5.91 Å². The molecule has 0 unspecified atom stereocenters. The van der Waals surface area contributed by atoms with E-state index in [1.165, 1.54) is 11.1 Å². The van der Waals surface area contributed by atoms with E-state index in [1.54, 1.807) is 0 Å². The SMILES string of the molecule is CC(C)C(=O)NCCNCc1ccc2c(c1)CC(C)(C)O2. The highest BCUT2D eigenvalue weighted by Gasteiger charge is 2.29. The Morgan fingerprint density at radius 2 is 2.10 bits per heavy atom. The molecule has 4 nitrogen and oxygen atoms in total. The Kier molecular flexibility index (Phi) is 4.88. The zero-order valence-corrected chi connectivity index (χ0v) is 13.5. The summed E-state index contributed by atoms with van der Waals surface area (Å²) >= 11 is 0. The fraction of sp³-hybridized carbons (Fsp3) is 0.588. The van der Waals surface area contributed by atoms with Crippen molar-refractivity contribution in [3.8, 4) is 5.75 Å². The molecule has 116 valence electrons. The number of nitrogens with one attached hydrogen (secondary N) is 2. The minimum Gasteiger partial charge on any atom is -0.487 e. The van der Waals surface area contributed by atoms with Gasteiger partial charge in [-0.15, -0.1) is 0 Å². The van der Waals surface area contributed by atoms with Crippen molar-refractivity contribution in [2.75, 3.05) is 13.1 Å². The molecule has 4 heteroatoms. The second-order valence-corrected chi connectivity index (χ2v) is 6.60. The molecule has 0 saturated heterocycles. The molecule has 1 aliphatic rings. The average molecular weight is 290 g/mol. The second kappa shape index (κ2) is 6.48. The quantitative estimate of drug-likeness (QED) is 0.790. The largest absolute Gasteiger partial charge is 0.487 e. The van der Waals surface area contributed by atoms with Gasteiger partial charge in [0.25, 0.3) is 0 Å². The van der Waals surface area contributed by atoms with Crippen LogP contribution in [0.1, 0.15) is 38.8 Å². The van der Waals surface area contributed by atoms with Gasteiger partial charge in [-0.1, -0.05) is 26.0 Å². The van der Waals surface area contributed by atoms with Gasteiger partial charge in [0.15, 0.2) is 0 Å². The van der Waals surface area contributed by atoms with Crippen LogP contribution in [-0.2, 0) is 17.8 Å². The van der Waals surface area contributed by atoms with Gasteiger partial charge in [-0.25, -0.2) is 0 Å². The number of hydrogen-bond donors (Lipinski definition) is 2. The standard InChI is InChI=1S/C17H26N2O2/c1-12(2)16(20)19-8-7-18-11-13-5-6-15-14(9-13)10-17(3,4)21-15/h5-6,9,12,18H,7-8,10-11H2,1-4H3,(H,19,20). The summed E-state index contributed by atoms with van der Waals surface area (Å²) in [4.78, 5) is 11.4. The highest BCUT2D eigenvalue weighted by molar-refractivity contribution is 5.77. The molecule has 0 atom stereocenters. The molecule has 0 saturated carbocycles. The van der Waals surface area contributed by atoms with Gasteiger partial charge in [-0.05, 0) is 31.0 Å². The summed E-state index contributed by atoms with van der Waals surface area (Å²) in [7, 11) is 0. The fourth-order valence-corrected chi connectivity index (χ4v) is 2.48. The molecule has 1 aliphatic heterocycles. The van der Waals surface area contributed by atoms with Crippen LogP contribution in [0.5, 0.6) is 5.75 Å². The monoisotopic (exact) mass is 290 g/mol. The van der Waals surface area contributed by atoms with E-state index in [0.717, 1.165) is 25.3 Å². The van der Waals surface area contributed by atoms with Crippen molar-refractivity contribution in [2.45, 2.75) is 46.3 Å². The summed E-state index contributed by atoms with van der Waals surface area (Å²) in [5.74, 6) is 1.16. The van der Waals surface area contributed by atoms with Crippen LogP contribution >= 0.6 is 0 Å². The molecule has 2 N–H and O–H groups in total. The van der Waals surface area contributed by atoms with Gasteiger partial charge in [0.05, 0.1) is 0 Å². The molecule has 1 aromatic rings. The molecule has 0 bridgehead atoms. The topological polar surface area (TPSA) is 50.4 Å². The van der Waals surface area contributed by atoms with Gasteiger partial charge < -0.3 is 15.4 Å². The smallest absolute Gasteiger partial charge is 0.222 e.